The van der Waals surface area contributed by atoms with Crippen LogP contribution < -0.4 is 0 Å². The van der Waals surface area contributed by atoms with Gasteiger partial charge in [0.25, 0.3) is 0 Å². The van der Waals surface area contributed by atoms with E-state index in [4.69, 9.17) is 9.84 Å². The quantitative estimate of drug-likeness (QED) is 0.0545. The van der Waals surface area contributed by atoms with Crippen LogP contribution in [-0.4, -0.2) is 55.3 Å². The maximum Gasteiger partial charge on any atom is 0.307 e. The van der Waals surface area contributed by atoms with Crippen LogP contribution in [0.15, 0.2) is 0 Å². The number of hydrogen-bond donors (Lipinski definition) is 1. The molecule has 0 radical (unpaired) electrons. The second-order valence-corrected chi connectivity index (χ2v) is 13.1. The number of quaternary nitrogens is 1. The molecule has 0 aliphatic rings. The van der Waals surface area contributed by atoms with E-state index in [0.717, 1.165) is 12.8 Å². The second-order valence-electron chi connectivity index (χ2n) is 13.1. The monoisotopic (exact) mass is 555 g/mol. The second kappa shape index (κ2) is 27.1. The average Bonchev–Trinajstić information content (AvgIpc) is 2.85. The van der Waals surface area contributed by atoms with E-state index in [0.29, 0.717) is 17.4 Å². The summed E-state index contributed by atoms with van der Waals surface area (Å²) >= 11 is 0. The van der Waals surface area contributed by atoms with Crippen LogP contribution in [0.25, 0.3) is 0 Å². The molecule has 232 valence electrons. The van der Waals surface area contributed by atoms with Crippen LogP contribution in [0.2, 0.25) is 0 Å². The fourth-order valence-electron chi connectivity index (χ4n) is 5.43. The third-order valence-electron chi connectivity index (χ3n) is 7.69. The molecule has 0 aromatic carbocycles. The molecule has 0 amide bonds. The van der Waals surface area contributed by atoms with Gasteiger partial charge in [-0.3, -0.25) is 9.59 Å². The summed E-state index contributed by atoms with van der Waals surface area (Å²) < 4.78 is 6.03. The van der Waals surface area contributed by atoms with E-state index in [9.17, 15) is 9.59 Å². The summed E-state index contributed by atoms with van der Waals surface area (Å²) in [4.78, 5) is 23.2. The minimum absolute atomic E-state index is 0.124. The first-order chi connectivity index (χ1) is 18.7. The van der Waals surface area contributed by atoms with E-state index in [2.05, 4.69) is 6.92 Å². The van der Waals surface area contributed by atoms with Gasteiger partial charge in [-0.05, 0) is 6.42 Å². The van der Waals surface area contributed by atoms with E-state index in [1.54, 1.807) is 0 Å². The number of carboxylic acids is 1. The highest BCUT2D eigenvalue weighted by atomic mass is 16.5. The smallest absolute Gasteiger partial charge is 0.307 e. The lowest BCUT2D eigenvalue weighted by Gasteiger charge is -2.28. The van der Waals surface area contributed by atoms with E-state index < -0.39 is 12.1 Å². The first-order valence-corrected chi connectivity index (χ1v) is 17.0. The molecule has 0 aromatic heterocycles. The zero-order valence-electron chi connectivity index (χ0n) is 26.8. The Labute approximate surface area is 243 Å². The van der Waals surface area contributed by atoms with E-state index in [-0.39, 0.29) is 12.4 Å². The Kier molecular flexibility index (Phi) is 26.3. The first-order valence-electron chi connectivity index (χ1n) is 17.0. The van der Waals surface area contributed by atoms with Gasteiger partial charge in [0.15, 0.2) is 6.10 Å². The Hall–Kier alpha value is -1.10. The van der Waals surface area contributed by atoms with Crippen molar-refractivity contribution in [3.05, 3.63) is 0 Å². The molecule has 0 aromatic rings. The highest BCUT2D eigenvalue weighted by Crippen LogP contribution is 2.16. The molecule has 0 saturated heterocycles. The largest absolute Gasteiger partial charge is 0.481 e. The summed E-state index contributed by atoms with van der Waals surface area (Å²) in [6.07, 6.45) is 32.3. The molecule has 0 aliphatic heterocycles. The van der Waals surface area contributed by atoms with Crippen molar-refractivity contribution in [3.63, 3.8) is 0 Å². The van der Waals surface area contributed by atoms with Crippen molar-refractivity contribution in [1.29, 1.82) is 0 Å². The third-order valence-corrected chi connectivity index (χ3v) is 7.69. The topological polar surface area (TPSA) is 63.6 Å². The molecule has 0 spiro atoms. The van der Waals surface area contributed by atoms with Gasteiger partial charge in [-0.15, -0.1) is 0 Å². The van der Waals surface area contributed by atoms with Crippen molar-refractivity contribution >= 4 is 11.9 Å². The molecule has 39 heavy (non-hydrogen) atoms. The van der Waals surface area contributed by atoms with Gasteiger partial charge in [0.05, 0.1) is 27.6 Å². The molecule has 0 saturated carbocycles. The predicted molar refractivity (Wildman–Crippen MR) is 166 cm³/mol. The minimum atomic E-state index is -0.920. The van der Waals surface area contributed by atoms with Gasteiger partial charge in [0, 0.05) is 6.42 Å². The van der Waals surface area contributed by atoms with Crippen molar-refractivity contribution < 1.29 is 23.9 Å². The van der Waals surface area contributed by atoms with Crippen LogP contribution in [0, 0.1) is 0 Å². The zero-order valence-corrected chi connectivity index (χ0v) is 26.8. The summed E-state index contributed by atoms with van der Waals surface area (Å²) in [6, 6.07) is 0. The fraction of sp³-hybridized carbons (Fsp3) is 0.941. The number of likely N-dealkylation sites (N-methyl/N-ethyl adjacent to an activating group) is 1. The maximum atomic E-state index is 12.1. The number of unbranched alkanes of at least 4 members (excludes halogenated alkanes) is 23. The number of nitrogens with zero attached hydrogens (tertiary/aromatic N) is 1. The highest BCUT2D eigenvalue weighted by Gasteiger charge is 2.24. The lowest BCUT2D eigenvalue weighted by Crippen LogP contribution is -2.43. The minimum Gasteiger partial charge on any atom is -0.481 e. The maximum absolute atomic E-state index is 12.1. The summed E-state index contributed by atoms with van der Waals surface area (Å²) in [7, 11) is 5.93. The van der Waals surface area contributed by atoms with E-state index >= 15 is 0 Å². The molecule has 0 heterocycles. The molecule has 0 fully saturated rings. The molecular weight excluding hydrogens is 486 g/mol. The van der Waals surface area contributed by atoms with Crippen molar-refractivity contribution in [1.82, 2.24) is 0 Å². The Balaban J connectivity index is 3.36. The van der Waals surface area contributed by atoms with Gasteiger partial charge in [0.2, 0.25) is 0 Å². The van der Waals surface area contributed by atoms with Gasteiger partial charge in [-0.25, -0.2) is 0 Å². The number of aliphatic carboxylic acids is 1. The summed E-state index contributed by atoms with van der Waals surface area (Å²) in [5.41, 5.74) is 0. The lowest BCUT2D eigenvalue weighted by atomic mass is 10.0. The molecule has 1 atom stereocenters. The van der Waals surface area contributed by atoms with Crippen LogP contribution in [0.4, 0.5) is 0 Å². The van der Waals surface area contributed by atoms with Crippen molar-refractivity contribution in [2.75, 3.05) is 27.7 Å². The number of carbonyl (C=O) groups excluding carboxylic acids is 1. The first kappa shape index (κ1) is 37.9. The Morgan fingerprint density at radius 2 is 0.872 bits per heavy atom. The highest BCUT2D eigenvalue weighted by molar-refractivity contribution is 5.71. The van der Waals surface area contributed by atoms with Crippen molar-refractivity contribution in [2.45, 2.75) is 180 Å². The standard InChI is InChI=1S/C34H67NO4/c1-5-6-7-8-9-10-11-12-13-14-15-16-17-18-19-20-21-22-23-24-25-26-27-28-29-34(38)39-32(30-33(36)37)31-35(2,3)4/h32H,5-31H2,1-4H3/p+1. The number of rotatable bonds is 30. The van der Waals surface area contributed by atoms with Crippen LogP contribution in [-0.2, 0) is 14.3 Å². The number of ether oxygens (including phenoxy) is 1. The fourth-order valence-corrected chi connectivity index (χ4v) is 5.43. The normalized spacial score (nSPS) is 12.5. The number of esters is 1. The molecule has 1 unspecified atom stereocenters. The van der Waals surface area contributed by atoms with Gasteiger partial charge in [0.1, 0.15) is 6.54 Å². The molecule has 5 nitrogen and oxygen atoms in total. The molecule has 5 heteroatoms. The average molecular weight is 555 g/mol. The Bertz CT molecular complexity index is 558. The summed E-state index contributed by atoms with van der Waals surface area (Å²) in [5, 5.41) is 9.07. The van der Waals surface area contributed by atoms with Crippen LogP contribution >= 0.6 is 0 Å². The summed E-state index contributed by atoms with van der Waals surface area (Å²) in [5.74, 6) is -1.18. The molecular formula is C34H68NO4+. The van der Waals surface area contributed by atoms with E-state index in [1.165, 1.54) is 141 Å². The third kappa shape index (κ3) is 31.3. The van der Waals surface area contributed by atoms with Gasteiger partial charge >= 0.3 is 11.9 Å². The summed E-state index contributed by atoms with van der Waals surface area (Å²) in [6.45, 7) is 2.80. The lowest BCUT2D eigenvalue weighted by molar-refractivity contribution is -0.873. The van der Waals surface area contributed by atoms with Gasteiger partial charge in [-0.2, -0.15) is 0 Å². The number of hydrogen-bond acceptors (Lipinski definition) is 3. The van der Waals surface area contributed by atoms with Crippen molar-refractivity contribution in [2.24, 2.45) is 0 Å². The van der Waals surface area contributed by atoms with Crippen LogP contribution in [0.1, 0.15) is 174 Å². The zero-order chi connectivity index (χ0) is 29.0. The number of carbonyl (C=O) groups is 2. The SMILES string of the molecule is CCCCCCCCCCCCCCCCCCCCCCCCCCC(=O)OC(CC(=O)O)C[N+](C)(C)C. The van der Waals surface area contributed by atoms with E-state index in [1.807, 2.05) is 21.1 Å². The Morgan fingerprint density at radius 3 is 1.15 bits per heavy atom. The van der Waals surface area contributed by atoms with Gasteiger partial charge in [-0.1, -0.05) is 155 Å². The van der Waals surface area contributed by atoms with Crippen LogP contribution in [0.5, 0.6) is 0 Å². The van der Waals surface area contributed by atoms with Gasteiger partial charge < -0.3 is 14.3 Å². The molecule has 0 bridgehead atoms. The van der Waals surface area contributed by atoms with Crippen LogP contribution in [0.3, 0.4) is 0 Å². The molecule has 1 N–H and O–H groups in total. The molecule has 0 rings (SSSR count). The molecule has 0 aliphatic carbocycles. The predicted octanol–water partition coefficient (Wildman–Crippen LogP) is 9.85. The Morgan fingerprint density at radius 1 is 0.564 bits per heavy atom. The van der Waals surface area contributed by atoms with Crippen molar-refractivity contribution in [3.8, 4) is 0 Å². The number of carboxylic acid groups (broad SMARTS) is 1.